The quantitative estimate of drug-likeness (QED) is 0.823. The molecular formula is C12H16FNO. The van der Waals surface area contributed by atoms with Gasteiger partial charge in [0.2, 0.25) is 0 Å². The van der Waals surface area contributed by atoms with Crippen LogP contribution in [0.15, 0.2) is 24.3 Å². The van der Waals surface area contributed by atoms with E-state index in [-0.39, 0.29) is 24.6 Å². The van der Waals surface area contributed by atoms with E-state index in [2.05, 4.69) is 0 Å². The standard InChI is InChI=1S/C12H16FNO/c1-12(2,8-14)11(15)7-9-5-3-4-6-10(9)13/h3-6H,7-8,14H2,1-2H3. The van der Waals surface area contributed by atoms with E-state index >= 15 is 0 Å². The maximum absolute atomic E-state index is 13.3. The lowest BCUT2D eigenvalue weighted by Gasteiger charge is -2.20. The van der Waals surface area contributed by atoms with Crippen molar-refractivity contribution in [1.82, 2.24) is 0 Å². The summed E-state index contributed by atoms with van der Waals surface area (Å²) < 4.78 is 13.3. The smallest absolute Gasteiger partial charge is 0.144 e. The predicted octanol–water partition coefficient (Wildman–Crippen LogP) is 1.92. The van der Waals surface area contributed by atoms with Gasteiger partial charge in [0.15, 0.2) is 0 Å². The molecule has 2 nitrogen and oxygen atoms in total. The van der Waals surface area contributed by atoms with Gasteiger partial charge in [-0.25, -0.2) is 4.39 Å². The molecule has 0 aliphatic heterocycles. The molecule has 0 atom stereocenters. The molecule has 0 heterocycles. The molecular weight excluding hydrogens is 193 g/mol. The highest BCUT2D eigenvalue weighted by Gasteiger charge is 2.26. The van der Waals surface area contributed by atoms with Gasteiger partial charge in [-0.1, -0.05) is 32.0 Å². The number of carbonyl (C=O) groups is 1. The molecule has 0 bridgehead atoms. The van der Waals surface area contributed by atoms with Crippen molar-refractivity contribution in [2.24, 2.45) is 11.1 Å². The van der Waals surface area contributed by atoms with E-state index in [0.29, 0.717) is 5.56 Å². The molecule has 0 saturated heterocycles. The Morgan fingerprint density at radius 3 is 2.53 bits per heavy atom. The van der Waals surface area contributed by atoms with E-state index in [0.717, 1.165) is 0 Å². The fourth-order valence-electron chi connectivity index (χ4n) is 1.17. The number of Topliss-reactive ketones (excluding diaryl/α,β-unsaturated/α-hetero) is 1. The normalized spacial score (nSPS) is 11.5. The first kappa shape index (κ1) is 11.9. The fraction of sp³-hybridized carbons (Fsp3) is 0.417. The Bertz CT molecular complexity index is 360. The molecule has 0 saturated carbocycles. The average molecular weight is 209 g/mol. The highest BCUT2D eigenvalue weighted by molar-refractivity contribution is 5.86. The summed E-state index contributed by atoms with van der Waals surface area (Å²) in [6.07, 6.45) is 0.108. The second-order valence-electron chi connectivity index (χ2n) is 4.28. The van der Waals surface area contributed by atoms with Gasteiger partial charge in [-0.2, -0.15) is 0 Å². The predicted molar refractivity (Wildman–Crippen MR) is 57.9 cm³/mol. The Morgan fingerprint density at radius 1 is 1.40 bits per heavy atom. The first-order chi connectivity index (χ1) is 6.97. The van der Waals surface area contributed by atoms with Crippen LogP contribution >= 0.6 is 0 Å². The molecule has 82 valence electrons. The van der Waals surface area contributed by atoms with Crippen molar-refractivity contribution in [3.05, 3.63) is 35.6 Å². The third kappa shape index (κ3) is 2.86. The number of benzene rings is 1. The highest BCUT2D eigenvalue weighted by Crippen LogP contribution is 2.18. The Morgan fingerprint density at radius 2 is 2.00 bits per heavy atom. The second kappa shape index (κ2) is 4.53. The van der Waals surface area contributed by atoms with Crippen LogP contribution in [-0.4, -0.2) is 12.3 Å². The van der Waals surface area contributed by atoms with E-state index in [1.807, 2.05) is 0 Å². The zero-order valence-electron chi connectivity index (χ0n) is 9.09. The van der Waals surface area contributed by atoms with Gasteiger partial charge in [0, 0.05) is 18.4 Å². The molecule has 0 aliphatic carbocycles. The monoisotopic (exact) mass is 209 g/mol. The summed E-state index contributed by atoms with van der Waals surface area (Å²) in [5.41, 5.74) is 5.34. The molecule has 1 aromatic rings. The van der Waals surface area contributed by atoms with Crippen molar-refractivity contribution in [3.8, 4) is 0 Å². The van der Waals surface area contributed by atoms with Crippen molar-refractivity contribution in [3.63, 3.8) is 0 Å². The SMILES string of the molecule is CC(C)(CN)C(=O)Cc1ccccc1F. The third-order valence-electron chi connectivity index (χ3n) is 2.57. The number of hydrogen-bond acceptors (Lipinski definition) is 2. The number of hydrogen-bond donors (Lipinski definition) is 1. The van der Waals surface area contributed by atoms with Crippen molar-refractivity contribution >= 4 is 5.78 Å². The lowest BCUT2D eigenvalue weighted by molar-refractivity contribution is -0.126. The average Bonchev–Trinajstić information content (AvgIpc) is 2.21. The molecule has 0 amide bonds. The minimum Gasteiger partial charge on any atom is -0.329 e. The van der Waals surface area contributed by atoms with Gasteiger partial charge in [-0.15, -0.1) is 0 Å². The van der Waals surface area contributed by atoms with E-state index in [9.17, 15) is 9.18 Å². The zero-order valence-corrected chi connectivity index (χ0v) is 9.09. The number of rotatable bonds is 4. The molecule has 0 radical (unpaired) electrons. The molecule has 3 heteroatoms. The molecule has 1 rings (SSSR count). The minimum atomic E-state index is -0.581. The van der Waals surface area contributed by atoms with E-state index < -0.39 is 5.41 Å². The molecule has 0 aliphatic rings. The lowest BCUT2D eigenvalue weighted by atomic mass is 9.85. The van der Waals surface area contributed by atoms with E-state index in [1.54, 1.807) is 32.0 Å². The minimum absolute atomic E-state index is 0.0323. The highest BCUT2D eigenvalue weighted by atomic mass is 19.1. The van der Waals surface area contributed by atoms with Crippen LogP contribution in [-0.2, 0) is 11.2 Å². The van der Waals surface area contributed by atoms with Gasteiger partial charge < -0.3 is 5.73 Å². The number of ketones is 1. The van der Waals surface area contributed by atoms with E-state index in [1.165, 1.54) is 6.07 Å². The summed E-state index contributed by atoms with van der Waals surface area (Å²) in [5, 5.41) is 0. The molecule has 1 aromatic carbocycles. The van der Waals surface area contributed by atoms with Crippen LogP contribution in [0.3, 0.4) is 0 Å². The van der Waals surface area contributed by atoms with Crippen LogP contribution in [0.1, 0.15) is 19.4 Å². The molecule has 15 heavy (non-hydrogen) atoms. The van der Waals surface area contributed by atoms with Gasteiger partial charge >= 0.3 is 0 Å². The fourth-order valence-corrected chi connectivity index (χ4v) is 1.17. The number of carbonyl (C=O) groups excluding carboxylic acids is 1. The largest absolute Gasteiger partial charge is 0.329 e. The summed E-state index contributed by atoms with van der Waals surface area (Å²) in [6.45, 7) is 3.83. The van der Waals surface area contributed by atoms with Crippen molar-refractivity contribution in [2.75, 3.05) is 6.54 Å². The molecule has 2 N–H and O–H groups in total. The van der Waals surface area contributed by atoms with Gasteiger partial charge in [0.05, 0.1) is 0 Å². The third-order valence-corrected chi connectivity index (χ3v) is 2.57. The maximum Gasteiger partial charge on any atom is 0.144 e. The Labute approximate surface area is 89.3 Å². The molecule has 0 fully saturated rings. The summed E-state index contributed by atoms with van der Waals surface area (Å²) in [7, 11) is 0. The molecule has 0 aromatic heterocycles. The topological polar surface area (TPSA) is 43.1 Å². The lowest BCUT2D eigenvalue weighted by Crippen LogP contribution is -2.34. The Kier molecular flexibility index (Phi) is 3.58. The summed E-state index contributed by atoms with van der Waals surface area (Å²) in [5.74, 6) is -0.367. The van der Waals surface area contributed by atoms with Crippen molar-refractivity contribution in [2.45, 2.75) is 20.3 Å². The van der Waals surface area contributed by atoms with Crippen molar-refractivity contribution < 1.29 is 9.18 Å². The van der Waals surface area contributed by atoms with Crippen LogP contribution in [0, 0.1) is 11.2 Å². The second-order valence-corrected chi connectivity index (χ2v) is 4.28. The van der Waals surface area contributed by atoms with Gasteiger partial charge in [-0.05, 0) is 11.6 Å². The zero-order chi connectivity index (χ0) is 11.5. The van der Waals surface area contributed by atoms with Gasteiger partial charge in [0.1, 0.15) is 11.6 Å². The Hall–Kier alpha value is -1.22. The number of nitrogens with two attached hydrogens (primary N) is 1. The van der Waals surface area contributed by atoms with Gasteiger partial charge in [0.25, 0.3) is 0 Å². The number of halogens is 1. The maximum atomic E-state index is 13.3. The summed E-state index contributed by atoms with van der Waals surface area (Å²) in [6, 6.07) is 6.32. The van der Waals surface area contributed by atoms with Crippen LogP contribution in [0.2, 0.25) is 0 Å². The van der Waals surface area contributed by atoms with E-state index in [4.69, 9.17) is 5.73 Å². The summed E-state index contributed by atoms with van der Waals surface area (Å²) >= 11 is 0. The first-order valence-corrected chi connectivity index (χ1v) is 4.94. The van der Waals surface area contributed by atoms with Crippen LogP contribution in [0.25, 0.3) is 0 Å². The molecule has 0 spiro atoms. The Balaban J connectivity index is 2.80. The van der Waals surface area contributed by atoms with Crippen LogP contribution < -0.4 is 5.73 Å². The summed E-state index contributed by atoms with van der Waals surface area (Å²) in [4.78, 5) is 11.8. The van der Waals surface area contributed by atoms with Gasteiger partial charge in [-0.3, -0.25) is 4.79 Å². The van der Waals surface area contributed by atoms with Crippen molar-refractivity contribution in [1.29, 1.82) is 0 Å². The van der Waals surface area contributed by atoms with Crippen LogP contribution in [0.4, 0.5) is 4.39 Å². The first-order valence-electron chi connectivity index (χ1n) is 4.94. The molecule has 0 unspecified atom stereocenters. The van der Waals surface area contributed by atoms with Crippen LogP contribution in [0.5, 0.6) is 0 Å².